The van der Waals surface area contributed by atoms with Crippen LogP contribution in [0.4, 0.5) is 10.1 Å². The van der Waals surface area contributed by atoms with Crippen LogP contribution in [-0.2, 0) is 0 Å². The first kappa shape index (κ1) is 17.7. The van der Waals surface area contributed by atoms with E-state index in [9.17, 15) is 9.18 Å². The number of anilines is 1. The number of aromatic nitrogens is 1. The average Bonchev–Trinajstić information content (AvgIpc) is 3.20. The minimum Gasteiger partial charge on any atom is -0.436 e. The van der Waals surface area contributed by atoms with Crippen LogP contribution >= 0.6 is 0 Å². The van der Waals surface area contributed by atoms with Crippen molar-refractivity contribution < 1.29 is 13.6 Å². The lowest BCUT2D eigenvalue weighted by molar-refractivity contribution is 0.102. The summed E-state index contributed by atoms with van der Waals surface area (Å²) in [6, 6.07) is 20.9. The van der Waals surface area contributed by atoms with Gasteiger partial charge in [-0.25, -0.2) is 9.37 Å². The lowest BCUT2D eigenvalue weighted by Crippen LogP contribution is -2.13. The SMILES string of the molecule is Cc1ccc(NC(=O)c2ccccc2-c2ncc(-c3ccccc3F)o2)cc1. The molecule has 0 aliphatic heterocycles. The largest absolute Gasteiger partial charge is 0.436 e. The molecule has 0 aliphatic carbocycles. The second-order valence-electron chi connectivity index (χ2n) is 6.38. The zero-order valence-electron chi connectivity index (χ0n) is 15.1. The van der Waals surface area contributed by atoms with Crippen molar-refractivity contribution in [3.8, 4) is 22.8 Å². The van der Waals surface area contributed by atoms with Crippen LogP contribution < -0.4 is 5.32 Å². The molecule has 4 rings (SSSR count). The van der Waals surface area contributed by atoms with Crippen molar-refractivity contribution in [2.75, 3.05) is 5.32 Å². The number of halogens is 1. The highest BCUT2D eigenvalue weighted by Gasteiger charge is 2.18. The Labute approximate surface area is 161 Å². The van der Waals surface area contributed by atoms with Gasteiger partial charge in [0.2, 0.25) is 5.89 Å². The third-order valence-corrected chi connectivity index (χ3v) is 4.36. The molecule has 1 aromatic heterocycles. The van der Waals surface area contributed by atoms with Crippen molar-refractivity contribution in [3.05, 3.63) is 95.9 Å². The van der Waals surface area contributed by atoms with Gasteiger partial charge in [0.1, 0.15) is 5.82 Å². The van der Waals surface area contributed by atoms with Crippen LogP contribution in [0, 0.1) is 12.7 Å². The highest BCUT2D eigenvalue weighted by atomic mass is 19.1. The third kappa shape index (κ3) is 3.55. The van der Waals surface area contributed by atoms with Crippen molar-refractivity contribution in [3.63, 3.8) is 0 Å². The number of aryl methyl sites for hydroxylation is 1. The standard InChI is InChI=1S/C23H17FN2O2/c1-15-10-12-16(13-11-15)26-22(27)17-6-2-3-7-18(17)23-25-14-21(28-23)19-8-4-5-9-20(19)24/h2-14H,1H3,(H,26,27). The molecule has 0 fully saturated rings. The lowest BCUT2D eigenvalue weighted by atomic mass is 10.1. The van der Waals surface area contributed by atoms with Gasteiger partial charge in [-0.05, 0) is 43.3 Å². The van der Waals surface area contributed by atoms with Crippen molar-refractivity contribution in [1.29, 1.82) is 0 Å². The average molecular weight is 372 g/mol. The molecule has 1 N–H and O–H groups in total. The summed E-state index contributed by atoms with van der Waals surface area (Å²) in [5.74, 6) is -0.101. The molecule has 1 heterocycles. The van der Waals surface area contributed by atoms with Gasteiger partial charge < -0.3 is 9.73 Å². The lowest BCUT2D eigenvalue weighted by Gasteiger charge is -2.08. The normalized spacial score (nSPS) is 10.6. The van der Waals surface area contributed by atoms with E-state index in [4.69, 9.17) is 4.42 Å². The molecule has 0 bridgehead atoms. The Kier molecular flexibility index (Phi) is 4.72. The van der Waals surface area contributed by atoms with E-state index in [0.29, 0.717) is 28.1 Å². The topological polar surface area (TPSA) is 55.1 Å². The van der Waals surface area contributed by atoms with E-state index in [1.54, 1.807) is 42.5 Å². The van der Waals surface area contributed by atoms with Gasteiger partial charge in [-0.1, -0.05) is 42.0 Å². The minimum atomic E-state index is -0.393. The summed E-state index contributed by atoms with van der Waals surface area (Å²) in [6.45, 7) is 1.98. The Morgan fingerprint density at radius 2 is 1.61 bits per heavy atom. The van der Waals surface area contributed by atoms with Crippen molar-refractivity contribution in [2.45, 2.75) is 6.92 Å². The number of nitrogens with zero attached hydrogens (tertiary/aromatic N) is 1. The van der Waals surface area contributed by atoms with E-state index in [1.165, 1.54) is 12.3 Å². The van der Waals surface area contributed by atoms with Crippen LogP contribution in [0.15, 0.2) is 83.4 Å². The highest BCUT2D eigenvalue weighted by molar-refractivity contribution is 6.08. The molecule has 0 unspecified atom stereocenters. The Balaban J connectivity index is 1.66. The molecule has 0 saturated carbocycles. The third-order valence-electron chi connectivity index (χ3n) is 4.36. The van der Waals surface area contributed by atoms with Gasteiger partial charge >= 0.3 is 0 Å². The van der Waals surface area contributed by atoms with E-state index >= 15 is 0 Å². The van der Waals surface area contributed by atoms with Crippen LogP contribution in [0.2, 0.25) is 0 Å². The van der Waals surface area contributed by atoms with Gasteiger partial charge in [-0.3, -0.25) is 4.79 Å². The molecule has 138 valence electrons. The number of rotatable bonds is 4. The number of benzene rings is 3. The Bertz CT molecular complexity index is 1130. The van der Waals surface area contributed by atoms with E-state index in [0.717, 1.165) is 5.56 Å². The predicted molar refractivity (Wildman–Crippen MR) is 106 cm³/mol. The van der Waals surface area contributed by atoms with Crippen LogP contribution in [-0.4, -0.2) is 10.9 Å². The molecule has 5 heteroatoms. The fraction of sp³-hybridized carbons (Fsp3) is 0.0435. The molecule has 0 saturated heterocycles. The summed E-state index contributed by atoms with van der Waals surface area (Å²) in [5.41, 5.74) is 3.09. The number of oxazole rings is 1. The Morgan fingerprint density at radius 1 is 0.929 bits per heavy atom. The van der Waals surface area contributed by atoms with Crippen LogP contribution in [0.1, 0.15) is 15.9 Å². The Morgan fingerprint density at radius 3 is 2.36 bits per heavy atom. The summed E-state index contributed by atoms with van der Waals surface area (Å²) in [4.78, 5) is 17.0. The summed E-state index contributed by atoms with van der Waals surface area (Å²) >= 11 is 0. The van der Waals surface area contributed by atoms with Gasteiger partial charge in [-0.2, -0.15) is 0 Å². The first-order chi connectivity index (χ1) is 13.6. The van der Waals surface area contributed by atoms with Gasteiger partial charge in [-0.15, -0.1) is 0 Å². The van der Waals surface area contributed by atoms with Gasteiger partial charge in [0.25, 0.3) is 5.91 Å². The molecule has 1 amide bonds. The second-order valence-corrected chi connectivity index (χ2v) is 6.38. The first-order valence-corrected chi connectivity index (χ1v) is 8.80. The quantitative estimate of drug-likeness (QED) is 0.499. The van der Waals surface area contributed by atoms with E-state index in [2.05, 4.69) is 10.3 Å². The number of amides is 1. The van der Waals surface area contributed by atoms with Crippen molar-refractivity contribution in [1.82, 2.24) is 4.98 Å². The van der Waals surface area contributed by atoms with Crippen molar-refractivity contribution in [2.24, 2.45) is 0 Å². The zero-order chi connectivity index (χ0) is 19.5. The van der Waals surface area contributed by atoms with E-state index in [-0.39, 0.29) is 11.8 Å². The summed E-state index contributed by atoms with van der Waals surface area (Å²) < 4.78 is 19.8. The maximum absolute atomic E-state index is 14.0. The molecular formula is C23H17FN2O2. The molecule has 0 aliphatic rings. The fourth-order valence-electron chi connectivity index (χ4n) is 2.89. The minimum absolute atomic E-state index is 0.257. The van der Waals surface area contributed by atoms with Crippen LogP contribution in [0.5, 0.6) is 0 Å². The summed E-state index contributed by atoms with van der Waals surface area (Å²) in [7, 11) is 0. The molecule has 4 aromatic rings. The predicted octanol–water partition coefficient (Wildman–Crippen LogP) is 5.71. The van der Waals surface area contributed by atoms with Crippen LogP contribution in [0.3, 0.4) is 0 Å². The molecule has 3 aromatic carbocycles. The molecular weight excluding hydrogens is 355 g/mol. The first-order valence-electron chi connectivity index (χ1n) is 8.80. The maximum atomic E-state index is 14.0. The molecule has 0 spiro atoms. The second kappa shape index (κ2) is 7.48. The molecule has 0 atom stereocenters. The molecule has 28 heavy (non-hydrogen) atoms. The van der Waals surface area contributed by atoms with Crippen molar-refractivity contribution >= 4 is 11.6 Å². The zero-order valence-corrected chi connectivity index (χ0v) is 15.1. The monoisotopic (exact) mass is 372 g/mol. The number of carbonyl (C=O) groups is 1. The summed E-state index contributed by atoms with van der Waals surface area (Å²) in [5, 5.41) is 2.87. The van der Waals surface area contributed by atoms with Gasteiger partial charge in [0.15, 0.2) is 5.76 Å². The van der Waals surface area contributed by atoms with Gasteiger partial charge in [0, 0.05) is 11.3 Å². The van der Waals surface area contributed by atoms with E-state index < -0.39 is 5.82 Å². The summed E-state index contributed by atoms with van der Waals surface area (Å²) in [6.07, 6.45) is 1.46. The highest BCUT2D eigenvalue weighted by Crippen LogP contribution is 2.29. The number of nitrogens with one attached hydrogen (secondary N) is 1. The number of hydrogen-bond donors (Lipinski definition) is 1. The smallest absolute Gasteiger partial charge is 0.256 e. The Hall–Kier alpha value is -3.73. The fourth-order valence-corrected chi connectivity index (χ4v) is 2.89. The molecule has 4 nitrogen and oxygen atoms in total. The van der Waals surface area contributed by atoms with E-state index in [1.807, 2.05) is 31.2 Å². The molecule has 0 radical (unpaired) electrons. The van der Waals surface area contributed by atoms with Gasteiger partial charge in [0.05, 0.1) is 17.3 Å². The number of hydrogen-bond acceptors (Lipinski definition) is 3. The van der Waals surface area contributed by atoms with Crippen LogP contribution in [0.25, 0.3) is 22.8 Å². The maximum Gasteiger partial charge on any atom is 0.256 e. The number of carbonyl (C=O) groups excluding carboxylic acids is 1.